The second-order valence-electron chi connectivity index (χ2n) is 6.03. The first-order valence-electron chi connectivity index (χ1n) is 8.30. The molecule has 0 saturated carbocycles. The van der Waals surface area contributed by atoms with E-state index in [2.05, 4.69) is 15.0 Å². The SMILES string of the molecule is [O-][S+](c1ccccc1)n1ccc2c3nc(-c4ccccc4F)[nH]c3cnc21. The van der Waals surface area contributed by atoms with E-state index < -0.39 is 11.4 Å². The third-order valence-electron chi connectivity index (χ3n) is 4.38. The van der Waals surface area contributed by atoms with Crippen LogP contribution in [0.5, 0.6) is 0 Å². The highest BCUT2D eigenvalue weighted by molar-refractivity contribution is 7.90. The Kier molecular flexibility index (Phi) is 3.70. The van der Waals surface area contributed by atoms with Crippen molar-refractivity contribution >= 4 is 33.4 Å². The number of hydrogen-bond acceptors (Lipinski definition) is 3. The summed E-state index contributed by atoms with van der Waals surface area (Å²) in [5.41, 5.74) is 2.33. The summed E-state index contributed by atoms with van der Waals surface area (Å²) in [6.45, 7) is 0. The van der Waals surface area contributed by atoms with Crippen LogP contribution in [0.4, 0.5) is 4.39 Å². The van der Waals surface area contributed by atoms with Crippen molar-refractivity contribution in [3.05, 3.63) is 78.9 Å². The van der Waals surface area contributed by atoms with Gasteiger partial charge in [0.2, 0.25) is 0 Å². The molecule has 27 heavy (non-hydrogen) atoms. The van der Waals surface area contributed by atoms with E-state index in [0.29, 0.717) is 33.0 Å². The number of imidazole rings is 1. The van der Waals surface area contributed by atoms with Crippen molar-refractivity contribution in [2.75, 3.05) is 0 Å². The topological polar surface area (TPSA) is 69.6 Å². The average molecular weight is 376 g/mol. The quantitative estimate of drug-likeness (QED) is 0.478. The maximum absolute atomic E-state index is 14.1. The van der Waals surface area contributed by atoms with Gasteiger partial charge in [0.25, 0.3) is 0 Å². The molecule has 3 aromatic heterocycles. The highest BCUT2D eigenvalue weighted by atomic mass is 32.2. The van der Waals surface area contributed by atoms with Crippen molar-refractivity contribution in [1.29, 1.82) is 0 Å². The fourth-order valence-corrected chi connectivity index (χ4v) is 4.18. The molecule has 0 radical (unpaired) electrons. The molecule has 0 spiro atoms. The van der Waals surface area contributed by atoms with E-state index in [0.717, 1.165) is 5.39 Å². The third kappa shape index (κ3) is 2.59. The summed E-state index contributed by atoms with van der Waals surface area (Å²) in [6, 6.07) is 17.5. The van der Waals surface area contributed by atoms with E-state index in [1.807, 2.05) is 36.4 Å². The molecule has 0 bridgehead atoms. The Morgan fingerprint density at radius 2 is 1.78 bits per heavy atom. The molecule has 0 saturated heterocycles. The first-order chi connectivity index (χ1) is 13.2. The zero-order chi connectivity index (χ0) is 18.4. The first-order valence-corrected chi connectivity index (χ1v) is 9.41. The van der Waals surface area contributed by atoms with Crippen LogP contribution < -0.4 is 0 Å². The lowest BCUT2D eigenvalue weighted by atomic mass is 10.2. The van der Waals surface area contributed by atoms with Crippen LogP contribution in [0.1, 0.15) is 0 Å². The van der Waals surface area contributed by atoms with Crippen molar-refractivity contribution in [1.82, 2.24) is 18.9 Å². The smallest absolute Gasteiger partial charge is 0.188 e. The van der Waals surface area contributed by atoms with E-state index in [1.54, 1.807) is 34.6 Å². The second-order valence-corrected chi connectivity index (χ2v) is 7.39. The fourth-order valence-electron chi connectivity index (χ4n) is 3.09. The molecule has 5 aromatic rings. The van der Waals surface area contributed by atoms with E-state index in [9.17, 15) is 8.94 Å². The summed E-state index contributed by atoms with van der Waals surface area (Å²) in [5.74, 6) is 0.0952. The molecular weight excluding hydrogens is 363 g/mol. The second kappa shape index (κ2) is 6.22. The van der Waals surface area contributed by atoms with Crippen molar-refractivity contribution < 1.29 is 8.94 Å². The van der Waals surface area contributed by atoms with Crippen LogP contribution in [0.15, 0.2) is 78.0 Å². The number of aromatic amines is 1. The predicted molar refractivity (Wildman–Crippen MR) is 103 cm³/mol. The molecule has 7 heteroatoms. The molecule has 1 unspecified atom stereocenters. The number of nitrogens with zero attached hydrogens (tertiary/aromatic N) is 3. The lowest BCUT2D eigenvalue weighted by molar-refractivity contribution is 0.587. The number of H-pyrrole nitrogens is 1. The Bertz CT molecular complexity index is 1270. The summed E-state index contributed by atoms with van der Waals surface area (Å²) in [7, 11) is 0. The number of nitrogens with one attached hydrogen (secondary N) is 1. The molecule has 0 amide bonds. The van der Waals surface area contributed by atoms with Gasteiger partial charge in [0.05, 0.1) is 28.9 Å². The first kappa shape index (κ1) is 16.0. The van der Waals surface area contributed by atoms with Gasteiger partial charge in [-0.3, -0.25) is 0 Å². The number of rotatable bonds is 3. The number of aromatic nitrogens is 4. The zero-order valence-corrected chi connectivity index (χ0v) is 14.8. The van der Waals surface area contributed by atoms with Crippen LogP contribution in [0.2, 0.25) is 0 Å². The van der Waals surface area contributed by atoms with Gasteiger partial charge < -0.3 is 9.54 Å². The molecule has 0 aliphatic rings. The minimum atomic E-state index is -1.41. The Hall–Kier alpha value is -3.16. The third-order valence-corrected chi connectivity index (χ3v) is 5.71. The van der Waals surface area contributed by atoms with Gasteiger partial charge in [-0.1, -0.05) is 30.3 Å². The van der Waals surface area contributed by atoms with Crippen LogP contribution >= 0.6 is 0 Å². The summed E-state index contributed by atoms with van der Waals surface area (Å²) in [4.78, 5) is 12.8. The van der Waals surface area contributed by atoms with Crippen molar-refractivity contribution in [2.45, 2.75) is 4.90 Å². The van der Waals surface area contributed by atoms with Gasteiger partial charge in [0.1, 0.15) is 28.5 Å². The standard InChI is InChI=1S/C20H13FN4OS/c21-16-9-5-4-8-14(16)19-23-17-12-22-20-15(18(17)24-19)10-11-25(20)27(26)13-6-2-1-3-7-13/h1-12H,(H,23,24). The molecule has 1 N–H and O–H groups in total. The highest BCUT2D eigenvalue weighted by Crippen LogP contribution is 2.29. The number of pyridine rings is 1. The molecule has 0 aliphatic heterocycles. The van der Waals surface area contributed by atoms with Gasteiger partial charge in [-0.05, 0) is 30.3 Å². The normalized spacial score (nSPS) is 12.7. The molecule has 0 aliphatic carbocycles. The molecule has 5 rings (SSSR count). The van der Waals surface area contributed by atoms with Crippen LogP contribution in [-0.2, 0) is 11.4 Å². The maximum Gasteiger partial charge on any atom is 0.188 e. The lowest BCUT2D eigenvalue weighted by Gasteiger charge is -2.10. The Morgan fingerprint density at radius 3 is 2.59 bits per heavy atom. The van der Waals surface area contributed by atoms with E-state index in [-0.39, 0.29) is 5.82 Å². The summed E-state index contributed by atoms with van der Waals surface area (Å²) in [6.07, 6.45) is 3.37. The fraction of sp³-hybridized carbons (Fsp3) is 0. The molecule has 5 nitrogen and oxygen atoms in total. The number of fused-ring (bicyclic) bond motifs is 3. The molecule has 0 fully saturated rings. The summed E-state index contributed by atoms with van der Waals surface area (Å²) >= 11 is -1.41. The van der Waals surface area contributed by atoms with Gasteiger partial charge in [-0.2, -0.15) is 0 Å². The van der Waals surface area contributed by atoms with E-state index in [4.69, 9.17) is 0 Å². The largest absolute Gasteiger partial charge is 0.587 e. The summed E-state index contributed by atoms with van der Waals surface area (Å²) in [5, 5.41) is 0.760. The van der Waals surface area contributed by atoms with Gasteiger partial charge in [0, 0.05) is 0 Å². The number of hydrogen-bond donors (Lipinski definition) is 1. The lowest BCUT2D eigenvalue weighted by Crippen LogP contribution is -2.12. The van der Waals surface area contributed by atoms with E-state index in [1.165, 1.54) is 6.07 Å². The summed E-state index contributed by atoms with van der Waals surface area (Å²) < 4.78 is 28.6. The van der Waals surface area contributed by atoms with Gasteiger partial charge in [-0.25, -0.2) is 14.4 Å². The van der Waals surface area contributed by atoms with Crippen molar-refractivity contribution in [2.24, 2.45) is 0 Å². The monoisotopic (exact) mass is 376 g/mol. The number of halogens is 1. The molecule has 3 heterocycles. The molecular formula is C20H13FN4OS. The molecule has 132 valence electrons. The zero-order valence-electron chi connectivity index (χ0n) is 14.0. The van der Waals surface area contributed by atoms with Gasteiger partial charge in [0.15, 0.2) is 10.5 Å². The van der Waals surface area contributed by atoms with Gasteiger partial charge in [-0.15, -0.1) is 3.97 Å². The van der Waals surface area contributed by atoms with Gasteiger partial charge >= 0.3 is 0 Å². The maximum atomic E-state index is 14.1. The van der Waals surface area contributed by atoms with Crippen molar-refractivity contribution in [3.63, 3.8) is 0 Å². The Balaban J connectivity index is 1.66. The Labute approximate surface area is 156 Å². The van der Waals surface area contributed by atoms with Crippen LogP contribution in [-0.4, -0.2) is 23.5 Å². The van der Waals surface area contributed by atoms with E-state index >= 15 is 0 Å². The Morgan fingerprint density at radius 1 is 1.00 bits per heavy atom. The minimum absolute atomic E-state index is 0.344. The average Bonchev–Trinajstić information content (AvgIpc) is 3.32. The van der Waals surface area contributed by atoms with Crippen molar-refractivity contribution in [3.8, 4) is 11.4 Å². The number of benzene rings is 2. The van der Waals surface area contributed by atoms with Crippen LogP contribution in [0.25, 0.3) is 33.5 Å². The predicted octanol–water partition coefficient (Wildman–Crippen LogP) is 4.29. The highest BCUT2D eigenvalue weighted by Gasteiger charge is 2.20. The molecule has 2 aromatic carbocycles. The van der Waals surface area contributed by atoms with Crippen LogP contribution in [0.3, 0.4) is 0 Å². The van der Waals surface area contributed by atoms with Crippen LogP contribution in [0, 0.1) is 5.82 Å². The molecule has 1 atom stereocenters. The minimum Gasteiger partial charge on any atom is -0.587 e.